The second-order valence-corrected chi connectivity index (χ2v) is 7.60. The van der Waals surface area contributed by atoms with E-state index in [0.717, 1.165) is 23.2 Å². The molecule has 1 atom stereocenters. The second-order valence-electron chi connectivity index (χ2n) is 7.60. The number of aliphatic imine (C=N–C) groups is 1. The Bertz CT molecular complexity index is 1040. The van der Waals surface area contributed by atoms with Crippen LogP contribution in [0.15, 0.2) is 40.0 Å². The molecule has 9 nitrogen and oxygen atoms in total. The molecule has 0 radical (unpaired) electrons. The van der Waals surface area contributed by atoms with Gasteiger partial charge in [0.15, 0.2) is 0 Å². The van der Waals surface area contributed by atoms with Crippen molar-refractivity contribution in [3.63, 3.8) is 0 Å². The highest BCUT2D eigenvalue weighted by Crippen LogP contribution is 2.26. The molecule has 0 bridgehead atoms. The van der Waals surface area contributed by atoms with Crippen molar-refractivity contribution in [1.29, 1.82) is 0 Å². The van der Waals surface area contributed by atoms with Gasteiger partial charge in [0.05, 0.1) is 17.7 Å². The molecule has 0 unspecified atom stereocenters. The lowest BCUT2D eigenvalue weighted by Crippen LogP contribution is -2.28. The third-order valence-corrected chi connectivity index (χ3v) is 5.02. The molecule has 156 valence electrons. The molecule has 1 saturated heterocycles. The van der Waals surface area contributed by atoms with Crippen molar-refractivity contribution in [2.75, 3.05) is 13.2 Å². The van der Waals surface area contributed by atoms with E-state index in [2.05, 4.69) is 25.3 Å². The van der Waals surface area contributed by atoms with E-state index in [9.17, 15) is 0 Å². The Kier molecular flexibility index (Phi) is 5.45. The number of rotatable bonds is 6. The van der Waals surface area contributed by atoms with Gasteiger partial charge in [-0.05, 0) is 45.4 Å². The minimum Gasteiger partial charge on any atom is -0.472 e. The highest BCUT2D eigenvalue weighted by atomic mass is 16.5. The second kappa shape index (κ2) is 8.19. The van der Waals surface area contributed by atoms with Crippen molar-refractivity contribution in [3.05, 3.63) is 53.2 Å². The Morgan fingerprint density at radius 2 is 2.10 bits per heavy atom. The third kappa shape index (κ3) is 4.30. The van der Waals surface area contributed by atoms with Crippen molar-refractivity contribution in [3.8, 4) is 17.1 Å². The zero-order valence-electron chi connectivity index (χ0n) is 17.3. The van der Waals surface area contributed by atoms with E-state index in [-0.39, 0.29) is 12.1 Å². The molecule has 0 aromatic carbocycles. The molecule has 3 aromatic rings. The molecule has 30 heavy (non-hydrogen) atoms. The summed E-state index contributed by atoms with van der Waals surface area (Å²) in [6, 6.07) is 7.34. The lowest BCUT2D eigenvalue weighted by atomic mass is 10.0. The molecule has 4 heterocycles. The SMILES string of the molecule is Cc1ccc(-c2noc(C)c2COc2ccc(C(N)=N[C@]3(C)CCOC3)nn2)cn1. The van der Waals surface area contributed by atoms with Crippen LogP contribution in [0.5, 0.6) is 5.88 Å². The molecule has 2 N–H and O–H groups in total. The summed E-state index contributed by atoms with van der Waals surface area (Å²) >= 11 is 0. The number of ether oxygens (including phenoxy) is 2. The fraction of sp³-hybridized carbons (Fsp3) is 0.381. The fourth-order valence-corrected chi connectivity index (χ4v) is 3.17. The van der Waals surface area contributed by atoms with E-state index in [1.807, 2.05) is 32.9 Å². The lowest BCUT2D eigenvalue weighted by Gasteiger charge is -2.16. The van der Waals surface area contributed by atoms with E-state index >= 15 is 0 Å². The Labute approximate surface area is 174 Å². The topological polar surface area (TPSA) is 122 Å². The van der Waals surface area contributed by atoms with Crippen LogP contribution < -0.4 is 10.5 Å². The molecule has 9 heteroatoms. The molecular weight excluding hydrogens is 384 g/mol. The number of nitrogens with zero attached hydrogens (tertiary/aromatic N) is 5. The third-order valence-electron chi connectivity index (χ3n) is 5.02. The van der Waals surface area contributed by atoms with Crippen LogP contribution in [0.1, 0.15) is 36.1 Å². The largest absolute Gasteiger partial charge is 0.472 e. The number of aryl methyl sites for hydroxylation is 2. The standard InChI is InChI=1S/C21H24N6O3/c1-13-4-5-15(10-23-13)19-16(14(2)30-27-19)11-29-18-7-6-17(25-26-18)20(22)24-21(3)8-9-28-12-21/h4-7,10H,8-9,11-12H2,1-3H3,(H2,22,24)/t21-/m1/s1. The van der Waals surface area contributed by atoms with Crippen LogP contribution in [0.25, 0.3) is 11.3 Å². The molecule has 0 saturated carbocycles. The minimum absolute atomic E-state index is 0.242. The summed E-state index contributed by atoms with van der Waals surface area (Å²) in [6.07, 6.45) is 2.60. The van der Waals surface area contributed by atoms with Crippen LogP contribution >= 0.6 is 0 Å². The summed E-state index contributed by atoms with van der Waals surface area (Å²) in [5.41, 5.74) is 9.63. The number of amidine groups is 1. The summed E-state index contributed by atoms with van der Waals surface area (Å²) in [6.45, 7) is 7.28. The summed E-state index contributed by atoms with van der Waals surface area (Å²) in [7, 11) is 0. The van der Waals surface area contributed by atoms with E-state index in [1.165, 1.54) is 0 Å². The highest BCUT2D eigenvalue weighted by Gasteiger charge is 2.29. The number of nitrogens with two attached hydrogens (primary N) is 1. The minimum atomic E-state index is -0.312. The molecule has 1 aliphatic heterocycles. The van der Waals surface area contributed by atoms with Crippen LogP contribution in [0.3, 0.4) is 0 Å². The van der Waals surface area contributed by atoms with Gasteiger partial charge in [0.1, 0.15) is 29.6 Å². The van der Waals surface area contributed by atoms with Gasteiger partial charge >= 0.3 is 0 Å². The average Bonchev–Trinajstić information content (AvgIpc) is 3.33. The van der Waals surface area contributed by atoms with Crippen LogP contribution in [0, 0.1) is 13.8 Å². The quantitative estimate of drug-likeness (QED) is 0.488. The van der Waals surface area contributed by atoms with Gasteiger partial charge in [-0.3, -0.25) is 9.98 Å². The van der Waals surface area contributed by atoms with E-state index < -0.39 is 0 Å². The lowest BCUT2D eigenvalue weighted by molar-refractivity contribution is 0.182. The molecule has 3 aromatic heterocycles. The van der Waals surface area contributed by atoms with Crippen molar-refractivity contribution in [2.45, 2.75) is 39.3 Å². The van der Waals surface area contributed by atoms with Crippen molar-refractivity contribution < 1.29 is 14.0 Å². The number of hydrogen-bond donors (Lipinski definition) is 1. The first-order valence-corrected chi connectivity index (χ1v) is 9.72. The van der Waals surface area contributed by atoms with Gasteiger partial charge in [0, 0.05) is 30.1 Å². The molecule has 4 rings (SSSR count). The van der Waals surface area contributed by atoms with Crippen molar-refractivity contribution >= 4 is 5.84 Å². The molecule has 0 amide bonds. The van der Waals surface area contributed by atoms with Gasteiger partial charge in [-0.2, -0.15) is 0 Å². The molecule has 1 fully saturated rings. The average molecular weight is 408 g/mol. The number of pyridine rings is 1. The summed E-state index contributed by atoms with van der Waals surface area (Å²) in [5.74, 6) is 1.39. The number of aromatic nitrogens is 4. The Morgan fingerprint density at radius 1 is 1.23 bits per heavy atom. The van der Waals surface area contributed by atoms with Crippen molar-refractivity contribution in [2.24, 2.45) is 10.7 Å². The van der Waals surface area contributed by atoms with Gasteiger partial charge in [-0.1, -0.05) is 5.16 Å². The monoisotopic (exact) mass is 408 g/mol. The van der Waals surface area contributed by atoms with E-state index in [1.54, 1.807) is 18.3 Å². The van der Waals surface area contributed by atoms with Crippen LogP contribution in [-0.2, 0) is 11.3 Å². The number of hydrogen-bond acceptors (Lipinski definition) is 8. The smallest absolute Gasteiger partial charge is 0.233 e. The first kappa shape index (κ1) is 20.0. The molecule has 1 aliphatic rings. The van der Waals surface area contributed by atoms with Gasteiger partial charge < -0.3 is 19.7 Å². The van der Waals surface area contributed by atoms with Gasteiger partial charge in [0.25, 0.3) is 0 Å². The Morgan fingerprint density at radius 3 is 2.77 bits per heavy atom. The fourth-order valence-electron chi connectivity index (χ4n) is 3.17. The van der Waals surface area contributed by atoms with Crippen LogP contribution in [0.4, 0.5) is 0 Å². The first-order valence-electron chi connectivity index (χ1n) is 9.72. The van der Waals surface area contributed by atoms with Crippen LogP contribution in [0.2, 0.25) is 0 Å². The normalized spacial score (nSPS) is 19.2. The zero-order valence-corrected chi connectivity index (χ0v) is 17.3. The Hall–Kier alpha value is -3.33. The zero-order chi connectivity index (χ0) is 21.1. The predicted molar refractivity (Wildman–Crippen MR) is 110 cm³/mol. The van der Waals surface area contributed by atoms with E-state index in [0.29, 0.717) is 42.1 Å². The predicted octanol–water partition coefficient (Wildman–Crippen LogP) is 2.61. The van der Waals surface area contributed by atoms with Gasteiger partial charge in [0.2, 0.25) is 5.88 Å². The van der Waals surface area contributed by atoms with Gasteiger partial charge in [-0.25, -0.2) is 0 Å². The van der Waals surface area contributed by atoms with Crippen LogP contribution in [-0.4, -0.2) is 44.9 Å². The summed E-state index contributed by atoms with van der Waals surface area (Å²) in [5, 5.41) is 12.4. The maximum atomic E-state index is 6.10. The first-order chi connectivity index (χ1) is 14.4. The molecule has 0 aliphatic carbocycles. The summed E-state index contributed by atoms with van der Waals surface area (Å²) in [4.78, 5) is 8.87. The molecule has 0 spiro atoms. The maximum Gasteiger partial charge on any atom is 0.233 e. The van der Waals surface area contributed by atoms with Gasteiger partial charge in [-0.15, -0.1) is 10.2 Å². The molecular formula is C21H24N6O3. The summed E-state index contributed by atoms with van der Waals surface area (Å²) < 4.78 is 16.6. The maximum absolute atomic E-state index is 6.10. The van der Waals surface area contributed by atoms with E-state index in [4.69, 9.17) is 19.7 Å². The highest BCUT2D eigenvalue weighted by molar-refractivity contribution is 5.95. The van der Waals surface area contributed by atoms with Crippen molar-refractivity contribution in [1.82, 2.24) is 20.3 Å². The Balaban J connectivity index is 1.46.